The number of methoxy groups -OCH3 is 1. The van der Waals surface area contributed by atoms with Gasteiger partial charge in [0.2, 0.25) is 5.91 Å². The highest BCUT2D eigenvalue weighted by molar-refractivity contribution is 7.98. The molecule has 5 heteroatoms. The zero-order valence-electron chi connectivity index (χ0n) is 12.8. The average molecular weight is 314 g/mol. The van der Waals surface area contributed by atoms with Crippen molar-refractivity contribution < 1.29 is 9.53 Å². The molecule has 0 unspecified atom stereocenters. The minimum atomic E-state index is -0.206. The van der Waals surface area contributed by atoms with Crippen LogP contribution in [0.2, 0.25) is 0 Å². The van der Waals surface area contributed by atoms with Crippen molar-refractivity contribution in [1.29, 1.82) is 0 Å². The number of amides is 1. The molecule has 1 heterocycles. The van der Waals surface area contributed by atoms with Crippen molar-refractivity contribution in [1.82, 2.24) is 4.98 Å². The summed E-state index contributed by atoms with van der Waals surface area (Å²) in [7, 11) is 1.61. The minimum absolute atomic E-state index is 0.206. The number of aryl methyl sites for hydroxylation is 1. The van der Waals surface area contributed by atoms with Crippen LogP contribution in [0.1, 0.15) is 11.1 Å². The number of anilines is 1. The fourth-order valence-corrected chi connectivity index (χ4v) is 2.27. The molecule has 0 fully saturated rings. The van der Waals surface area contributed by atoms with Gasteiger partial charge in [-0.1, -0.05) is 11.6 Å². The Balaban J connectivity index is 2.06. The van der Waals surface area contributed by atoms with Gasteiger partial charge in [-0.2, -0.15) is 0 Å². The van der Waals surface area contributed by atoms with Gasteiger partial charge in [-0.25, -0.2) is 4.98 Å². The molecule has 1 N–H and O–H groups in total. The summed E-state index contributed by atoms with van der Waals surface area (Å²) in [5.74, 6) is 0.530. The molecule has 0 aliphatic carbocycles. The highest BCUT2D eigenvalue weighted by atomic mass is 32.2. The van der Waals surface area contributed by atoms with E-state index in [1.807, 2.05) is 43.5 Å². The lowest BCUT2D eigenvalue weighted by Crippen LogP contribution is -2.07. The van der Waals surface area contributed by atoms with Gasteiger partial charge in [0.15, 0.2) is 0 Å². The second-order valence-electron chi connectivity index (χ2n) is 4.66. The number of hydrogen-bond acceptors (Lipinski definition) is 4. The van der Waals surface area contributed by atoms with Crippen molar-refractivity contribution in [3.05, 3.63) is 53.7 Å². The van der Waals surface area contributed by atoms with Crippen LogP contribution < -0.4 is 10.1 Å². The molecular weight excluding hydrogens is 296 g/mol. The Labute approximate surface area is 134 Å². The second-order valence-corrected chi connectivity index (χ2v) is 5.48. The number of benzene rings is 1. The summed E-state index contributed by atoms with van der Waals surface area (Å²) in [6, 6.07) is 9.52. The first-order valence-corrected chi connectivity index (χ1v) is 7.98. The Bertz CT molecular complexity index is 682. The summed E-state index contributed by atoms with van der Waals surface area (Å²) >= 11 is 1.56. The number of aromatic nitrogens is 1. The zero-order valence-corrected chi connectivity index (χ0v) is 13.6. The third-order valence-corrected chi connectivity index (χ3v) is 3.67. The first-order chi connectivity index (χ1) is 10.6. The molecule has 1 aromatic heterocycles. The highest BCUT2D eigenvalue weighted by Crippen LogP contribution is 2.21. The molecule has 0 saturated heterocycles. The monoisotopic (exact) mass is 314 g/mol. The van der Waals surface area contributed by atoms with Crippen LogP contribution in [0.4, 0.5) is 5.69 Å². The molecule has 4 nitrogen and oxygen atoms in total. The van der Waals surface area contributed by atoms with E-state index in [1.54, 1.807) is 31.1 Å². The number of carbonyl (C=O) groups is 1. The van der Waals surface area contributed by atoms with Gasteiger partial charge in [-0.15, -0.1) is 11.8 Å². The number of rotatable bonds is 5. The van der Waals surface area contributed by atoms with Gasteiger partial charge in [0.05, 0.1) is 24.0 Å². The molecule has 1 aromatic carbocycles. The van der Waals surface area contributed by atoms with E-state index in [-0.39, 0.29) is 5.91 Å². The summed E-state index contributed by atoms with van der Waals surface area (Å²) in [5, 5.41) is 3.69. The summed E-state index contributed by atoms with van der Waals surface area (Å²) in [6.07, 6.45) is 6.83. The van der Waals surface area contributed by atoms with E-state index in [0.29, 0.717) is 5.69 Å². The third-order valence-electron chi connectivity index (χ3n) is 3.01. The molecular formula is C17H18N2O2S. The van der Waals surface area contributed by atoms with E-state index in [4.69, 9.17) is 4.74 Å². The predicted octanol–water partition coefficient (Wildman–Crippen LogP) is 3.77. The molecule has 1 amide bonds. The number of hydrogen-bond donors (Lipinski definition) is 1. The van der Waals surface area contributed by atoms with E-state index in [1.165, 1.54) is 6.08 Å². The zero-order chi connectivity index (χ0) is 15.9. The molecule has 22 heavy (non-hydrogen) atoms. The van der Waals surface area contributed by atoms with Crippen LogP contribution in [-0.2, 0) is 4.79 Å². The lowest BCUT2D eigenvalue weighted by Gasteiger charge is -2.06. The van der Waals surface area contributed by atoms with Crippen molar-refractivity contribution in [3.63, 3.8) is 0 Å². The van der Waals surface area contributed by atoms with Crippen LogP contribution in [0.5, 0.6) is 5.75 Å². The van der Waals surface area contributed by atoms with Gasteiger partial charge < -0.3 is 10.1 Å². The Morgan fingerprint density at radius 2 is 2.14 bits per heavy atom. The summed E-state index contributed by atoms with van der Waals surface area (Å²) < 4.78 is 5.28. The molecule has 0 aliphatic heterocycles. The molecule has 0 aliphatic rings. The number of carbonyl (C=O) groups excluding carboxylic acids is 1. The summed E-state index contributed by atoms with van der Waals surface area (Å²) in [6.45, 7) is 2.00. The molecule has 2 rings (SSSR count). The van der Waals surface area contributed by atoms with E-state index < -0.39 is 0 Å². The third kappa shape index (κ3) is 4.36. The molecule has 2 aromatic rings. The van der Waals surface area contributed by atoms with Crippen molar-refractivity contribution in [2.75, 3.05) is 18.7 Å². The maximum absolute atomic E-state index is 12.0. The van der Waals surface area contributed by atoms with Gasteiger partial charge >= 0.3 is 0 Å². The maximum Gasteiger partial charge on any atom is 0.248 e. The fourth-order valence-electron chi connectivity index (χ4n) is 1.91. The number of thioether (sulfide) groups is 1. The van der Waals surface area contributed by atoms with Crippen molar-refractivity contribution >= 4 is 29.4 Å². The van der Waals surface area contributed by atoms with Crippen molar-refractivity contribution in [2.24, 2.45) is 0 Å². The Morgan fingerprint density at radius 1 is 1.32 bits per heavy atom. The predicted molar refractivity (Wildman–Crippen MR) is 91.4 cm³/mol. The van der Waals surface area contributed by atoms with E-state index in [9.17, 15) is 4.79 Å². The SMILES string of the molecule is COc1ccc(C)cc1/C=C/C(=O)Nc1ccc(SC)nc1. The van der Waals surface area contributed by atoms with Gasteiger partial charge in [-0.05, 0) is 43.5 Å². The fraction of sp³-hybridized carbons (Fsp3) is 0.176. The maximum atomic E-state index is 12.0. The Morgan fingerprint density at radius 3 is 2.77 bits per heavy atom. The normalized spacial score (nSPS) is 10.7. The largest absolute Gasteiger partial charge is 0.496 e. The lowest BCUT2D eigenvalue weighted by atomic mass is 10.1. The lowest BCUT2D eigenvalue weighted by molar-refractivity contribution is -0.111. The van der Waals surface area contributed by atoms with Crippen LogP contribution in [-0.4, -0.2) is 24.3 Å². The number of nitrogens with one attached hydrogen (secondary N) is 1. The molecule has 114 valence electrons. The quantitative estimate of drug-likeness (QED) is 0.674. The van der Waals surface area contributed by atoms with Crippen LogP contribution in [0.3, 0.4) is 0 Å². The first kappa shape index (κ1) is 16.1. The Hall–Kier alpha value is -2.27. The van der Waals surface area contributed by atoms with E-state index in [0.717, 1.165) is 21.9 Å². The molecule has 0 spiro atoms. The summed E-state index contributed by atoms with van der Waals surface area (Å²) in [5.41, 5.74) is 2.65. The van der Waals surface area contributed by atoms with Crippen LogP contribution in [0.25, 0.3) is 6.08 Å². The molecule has 0 atom stereocenters. The second kappa shape index (κ2) is 7.66. The molecule has 0 bridgehead atoms. The minimum Gasteiger partial charge on any atom is -0.496 e. The topological polar surface area (TPSA) is 51.2 Å². The number of nitrogens with zero attached hydrogens (tertiary/aromatic N) is 1. The number of pyridine rings is 1. The van der Waals surface area contributed by atoms with Crippen molar-refractivity contribution in [2.45, 2.75) is 11.9 Å². The standard InChI is InChI=1S/C17H18N2O2S/c1-12-4-7-15(21-2)13(10-12)5-8-16(20)19-14-6-9-17(22-3)18-11-14/h4-11H,1-3H3,(H,19,20)/b8-5+. The Kier molecular flexibility index (Phi) is 5.61. The van der Waals surface area contributed by atoms with Gasteiger partial charge in [0.25, 0.3) is 0 Å². The van der Waals surface area contributed by atoms with Gasteiger partial charge in [-0.3, -0.25) is 4.79 Å². The van der Waals surface area contributed by atoms with Gasteiger partial charge in [0.1, 0.15) is 5.75 Å². The van der Waals surface area contributed by atoms with E-state index in [2.05, 4.69) is 10.3 Å². The number of ether oxygens (including phenoxy) is 1. The highest BCUT2D eigenvalue weighted by Gasteiger charge is 2.02. The van der Waals surface area contributed by atoms with Crippen LogP contribution in [0.15, 0.2) is 47.6 Å². The van der Waals surface area contributed by atoms with Crippen LogP contribution in [0, 0.1) is 6.92 Å². The average Bonchev–Trinajstić information content (AvgIpc) is 2.54. The van der Waals surface area contributed by atoms with E-state index >= 15 is 0 Å². The van der Waals surface area contributed by atoms with Crippen molar-refractivity contribution in [3.8, 4) is 5.75 Å². The molecule has 0 radical (unpaired) electrons. The van der Waals surface area contributed by atoms with Gasteiger partial charge in [0, 0.05) is 11.6 Å². The molecule has 0 saturated carbocycles. The van der Waals surface area contributed by atoms with Crippen LogP contribution >= 0.6 is 11.8 Å². The first-order valence-electron chi connectivity index (χ1n) is 6.76. The summed E-state index contributed by atoms with van der Waals surface area (Å²) in [4.78, 5) is 16.2. The smallest absolute Gasteiger partial charge is 0.248 e.